The summed E-state index contributed by atoms with van der Waals surface area (Å²) in [6, 6.07) is 11.7. The summed E-state index contributed by atoms with van der Waals surface area (Å²) in [4.78, 5) is 7.83. The van der Waals surface area contributed by atoms with Gasteiger partial charge in [-0.3, -0.25) is 0 Å². The number of hydrogen-bond acceptors (Lipinski definition) is 4. The number of nitrogens with zero attached hydrogens (tertiary/aromatic N) is 3. The van der Waals surface area contributed by atoms with E-state index in [1.54, 1.807) is 30.3 Å². The SMILES string of the molecule is CC(=N)c1cc(-c2ccnc(N)n2)n(CC(F)(F)F)c1-c1ccccc1. The zero-order chi connectivity index (χ0) is 18.9. The van der Waals surface area contributed by atoms with E-state index >= 15 is 0 Å². The summed E-state index contributed by atoms with van der Waals surface area (Å²) in [5.74, 6) is -0.0309. The van der Waals surface area contributed by atoms with Crippen molar-refractivity contribution in [1.29, 1.82) is 5.41 Å². The second kappa shape index (κ2) is 6.62. The molecule has 0 saturated carbocycles. The Hall–Kier alpha value is -3.16. The highest BCUT2D eigenvalue weighted by Crippen LogP contribution is 2.35. The zero-order valence-corrected chi connectivity index (χ0v) is 13.9. The van der Waals surface area contributed by atoms with Crippen molar-refractivity contribution in [2.75, 3.05) is 5.73 Å². The van der Waals surface area contributed by atoms with Gasteiger partial charge in [0.25, 0.3) is 0 Å². The first kappa shape index (κ1) is 17.7. The van der Waals surface area contributed by atoms with Crippen LogP contribution in [0.3, 0.4) is 0 Å². The molecule has 0 spiro atoms. The highest BCUT2D eigenvalue weighted by molar-refractivity contribution is 6.03. The van der Waals surface area contributed by atoms with E-state index < -0.39 is 12.7 Å². The minimum absolute atomic E-state index is 0.0309. The molecule has 0 aliphatic carbocycles. The fraction of sp³-hybridized carbons (Fsp3) is 0.167. The van der Waals surface area contributed by atoms with Crippen LogP contribution in [0.15, 0.2) is 48.7 Å². The van der Waals surface area contributed by atoms with Gasteiger partial charge >= 0.3 is 6.18 Å². The summed E-state index contributed by atoms with van der Waals surface area (Å²) in [6.45, 7) is 0.335. The molecule has 5 nitrogen and oxygen atoms in total. The van der Waals surface area contributed by atoms with Crippen molar-refractivity contribution in [2.45, 2.75) is 19.6 Å². The fourth-order valence-corrected chi connectivity index (χ4v) is 2.81. The van der Waals surface area contributed by atoms with Gasteiger partial charge in [0.2, 0.25) is 5.95 Å². The summed E-state index contributed by atoms with van der Waals surface area (Å²) in [6.07, 6.45) is -3.05. The first-order valence-corrected chi connectivity index (χ1v) is 7.76. The summed E-state index contributed by atoms with van der Waals surface area (Å²) >= 11 is 0. The van der Waals surface area contributed by atoms with Gasteiger partial charge in [-0.05, 0) is 24.6 Å². The molecule has 0 saturated heterocycles. The van der Waals surface area contributed by atoms with E-state index in [0.717, 1.165) is 4.57 Å². The molecule has 0 radical (unpaired) electrons. The zero-order valence-electron chi connectivity index (χ0n) is 13.9. The van der Waals surface area contributed by atoms with Crippen LogP contribution < -0.4 is 5.73 Å². The molecule has 3 N–H and O–H groups in total. The summed E-state index contributed by atoms with van der Waals surface area (Å²) in [7, 11) is 0. The lowest BCUT2D eigenvalue weighted by molar-refractivity contribution is -0.140. The predicted octanol–water partition coefficient (Wildman–Crippen LogP) is 4.14. The smallest absolute Gasteiger partial charge is 0.368 e. The van der Waals surface area contributed by atoms with Crippen LogP contribution in [0, 0.1) is 5.41 Å². The molecule has 0 unspecified atom stereocenters. The van der Waals surface area contributed by atoms with Crippen molar-refractivity contribution in [3.63, 3.8) is 0 Å². The number of halogens is 3. The van der Waals surface area contributed by atoms with Crippen LogP contribution in [0.5, 0.6) is 0 Å². The Kier molecular flexibility index (Phi) is 4.50. The van der Waals surface area contributed by atoms with E-state index in [0.29, 0.717) is 16.8 Å². The van der Waals surface area contributed by atoms with Crippen molar-refractivity contribution in [3.05, 3.63) is 54.2 Å². The number of nitrogens with one attached hydrogen (secondary N) is 1. The standard InChI is InChI=1S/C18H16F3N5/c1-11(22)13-9-15(14-7-8-24-17(23)25-14)26(10-18(19,20)21)16(13)12-5-3-2-4-6-12/h2-9,22H,10H2,1H3,(H2,23,24,25). The lowest BCUT2D eigenvalue weighted by Gasteiger charge is -2.16. The van der Waals surface area contributed by atoms with Crippen molar-refractivity contribution in [2.24, 2.45) is 0 Å². The maximum Gasteiger partial charge on any atom is 0.406 e. The van der Waals surface area contributed by atoms with Crippen LogP contribution in [0.4, 0.5) is 19.1 Å². The van der Waals surface area contributed by atoms with E-state index in [-0.39, 0.29) is 23.0 Å². The van der Waals surface area contributed by atoms with E-state index in [2.05, 4.69) is 9.97 Å². The van der Waals surface area contributed by atoms with Crippen LogP contribution in [0.1, 0.15) is 12.5 Å². The van der Waals surface area contributed by atoms with Gasteiger partial charge < -0.3 is 15.7 Å². The third-order valence-corrected chi connectivity index (χ3v) is 3.82. The van der Waals surface area contributed by atoms with Gasteiger partial charge in [0.15, 0.2) is 0 Å². The Bertz CT molecular complexity index is 945. The Balaban J connectivity index is 2.32. The Morgan fingerprint density at radius 2 is 1.88 bits per heavy atom. The highest BCUT2D eigenvalue weighted by atomic mass is 19.4. The maximum atomic E-state index is 13.3. The van der Waals surface area contributed by atoms with Crippen LogP contribution in [-0.2, 0) is 6.54 Å². The summed E-state index contributed by atoms with van der Waals surface area (Å²) < 4.78 is 41.0. The van der Waals surface area contributed by atoms with Crippen molar-refractivity contribution < 1.29 is 13.2 Å². The first-order valence-electron chi connectivity index (χ1n) is 7.76. The van der Waals surface area contributed by atoms with E-state index in [4.69, 9.17) is 11.1 Å². The number of rotatable bonds is 4. The monoisotopic (exact) mass is 359 g/mol. The predicted molar refractivity (Wildman–Crippen MR) is 93.9 cm³/mol. The molecule has 8 heteroatoms. The summed E-state index contributed by atoms with van der Waals surface area (Å²) in [5.41, 5.74) is 7.58. The molecule has 1 aromatic carbocycles. The highest BCUT2D eigenvalue weighted by Gasteiger charge is 2.32. The Labute approximate surface area is 147 Å². The van der Waals surface area contributed by atoms with Crippen LogP contribution in [-0.4, -0.2) is 26.4 Å². The number of alkyl halides is 3. The first-order chi connectivity index (χ1) is 12.3. The van der Waals surface area contributed by atoms with Gasteiger partial charge in [0.1, 0.15) is 6.54 Å². The second-order valence-electron chi connectivity index (χ2n) is 5.78. The molecule has 0 fully saturated rings. The Morgan fingerprint density at radius 3 is 2.46 bits per heavy atom. The second-order valence-corrected chi connectivity index (χ2v) is 5.78. The molecule has 134 valence electrons. The number of nitrogen functional groups attached to an aromatic ring is 1. The molecule has 0 bridgehead atoms. The van der Waals surface area contributed by atoms with Gasteiger partial charge in [-0.2, -0.15) is 13.2 Å². The lowest BCUT2D eigenvalue weighted by Crippen LogP contribution is -2.19. The summed E-state index contributed by atoms with van der Waals surface area (Å²) in [5, 5.41) is 8.02. The average molecular weight is 359 g/mol. The number of benzene rings is 1. The molecule has 0 atom stereocenters. The maximum absolute atomic E-state index is 13.3. The average Bonchev–Trinajstić information content (AvgIpc) is 2.93. The van der Waals surface area contributed by atoms with Crippen molar-refractivity contribution in [1.82, 2.24) is 14.5 Å². The van der Waals surface area contributed by atoms with Crippen molar-refractivity contribution in [3.8, 4) is 22.6 Å². The number of nitrogens with two attached hydrogens (primary N) is 1. The van der Waals surface area contributed by atoms with E-state index in [1.165, 1.54) is 25.3 Å². The molecule has 0 amide bonds. The third-order valence-electron chi connectivity index (χ3n) is 3.82. The molecule has 2 aromatic heterocycles. The number of hydrogen-bond donors (Lipinski definition) is 2. The van der Waals surface area contributed by atoms with Gasteiger partial charge in [-0.25, -0.2) is 9.97 Å². The van der Waals surface area contributed by atoms with Gasteiger partial charge in [0.05, 0.1) is 17.1 Å². The van der Waals surface area contributed by atoms with Gasteiger partial charge in [0, 0.05) is 17.5 Å². The molecule has 0 aliphatic rings. The molecule has 2 heterocycles. The minimum atomic E-state index is -4.44. The van der Waals surface area contributed by atoms with Gasteiger partial charge in [-0.15, -0.1) is 0 Å². The van der Waals surface area contributed by atoms with Crippen molar-refractivity contribution >= 4 is 11.7 Å². The molecule has 0 aliphatic heterocycles. The number of aromatic nitrogens is 3. The van der Waals surface area contributed by atoms with E-state index in [1.807, 2.05) is 0 Å². The largest absolute Gasteiger partial charge is 0.406 e. The van der Waals surface area contributed by atoms with Crippen LogP contribution >= 0.6 is 0 Å². The van der Waals surface area contributed by atoms with Crippen LogP contribution in [0.2, 0.25) is 0 Å². The molecule has 26 heavy (non-hydrogen) atoms. The minimum Gasteiger partial charge on any atom is -0.368 e. The Morgan fingerprint density at radius 1 is 1.19 bits per heavy atom. The normalized spacial score (nSPS) is 11.5. The lowest BCUT2D eigenvalue weighted by atomic mass is 10.1. The quantitative estimate of drug-likeness (QED) is 0.687. The molecular formula is C18H16F3N5. The third kappa shape index (κ3) is 3.58. The fourth-order valence-electron chi connectivity index (χ4n) is 2.81. The number of anilines is 1. The molecule has 3 rings (SSSR count). The topological polar surface area (TPSA) is 80.6 Å². The van der Waals surface area contributed by atoms with Gasteiger partial charge in [-0.1, -0.05) is 30.3 Å². The molecular weight excluding hydrogens is 343 g/mol. The molecule has 3 aromatic rings. The van der Waals surface area contributed by atoms with E-state index in [9.17, 15) is 13.2 Å². The van der Waals surface area contributed by atoms with Crippen LogP contribution in [0.25, 0.3) is 22.6 Å².